The Morgan fingerprint density at radius 3 is 2.40 bits per heavy atom. The van der Waals surface area contributed by atoms with Crippen molar-refractivity contribution >= 4 is 23.1 Å². The van der Waals surface area contributed by atoms with Crippen molar-refractivity contribution in [2.45, 2.75) is 33.1 Å². The van der Waals surface area contributed by atoms with Crippen LogP contribution in [0.25, 0.3) is 5.57 Å². The van der Waals surface area contributed by atoms with Crippen LogP contribution in [0.2, 0.25) is 0 Å². The number of amides is 2. The van der Waals surface area contributed by atoms with Crippen LogP contribution in [-0.4, -0.2) is 36.4 Å². The smallest absolute Gasteiger partial charge is 0.282 e. The van der Waals surface area contributed by atoms with Gasteiger partial charge in [0.05, 0.1) is 17.9 Å². The number of imide groups is 1. The van der Waals surface area contributed by atoms with Crippen molar-refractivity contribution in [3.05, 3.63) is 65.9 Å². The SMILES string of the molecule is CCCOc1cccc(N2C(=O)C(c3ccccc3)=C(N3CCC(C)CC3)C2=O)c1. The molecule has 0 aliphatic carbocycles. The largest absolute Gasteiger partial charge is 0.494 e. The summed E-state index contributed by atoms with van der Waals surface area (Å²) in [5, 5.41) is 0. The molecule has 5 nitrogen and oxygen atoms in total. The van der Waals surface area contributed by atoms with Gasteiger partial charge in [-0.1, -0.05) is 50.2 Å². The van der Waals surface area contributed by atoms with Crippen molar-refractivity contribution in [2.24, 2.45) is 5.92 Å². The maximum absolute atomic E-state index is 13.6. The molecule has 2 aromatic carbocycles. The van der Waals surface area contributed by atoms with Crippen molar-refractivity contribution in [3.8, 4) is 5.75 Å². The summed E-state index contributed by atoms with van der Waals surface area (Å²) in [4.78, 5) is 30.5. The second-order valence-corrected chi connectivity index (χ2v) is 8.05. The molecule has 2 amide bonds. The van der Waals surface area contributed by atoms with Gasteiger partial charge in [0.1, 0.15) is 11.4 Å². The third-order valence-corrected chi connectivity index (χ3v) is 5.77. The molecule has 156 valence electrons. The lowest BCUT2D eigenvalue weighted by atomic mass is 9.97. The molecule has 0 atom stereocenters. The second-order valence-electron chi connectivity index (χ2n) is 8.05. The number of anilines is 1. The van der Waals surface area contributed by atoms with Gasteiger partial charge in [-0.3, -0.25) is 9.59 Å². The molecule has 2 aliphatic heterocycles. The fourth-order valence-corrected chi connectivity index (χ4v) is 4.08. The summed E-state index contributed by atoms with van der Waals surface area (Å²) in [5.74, 6) is 0.780. The normalized spacial score (nSPS) is 17.8. The monoisotopic (exact) mass is 404 g/mol. The van der Waals surface area contributed by atoms with Gasteiger partial charge in [0.25, 0.3) is 11.8 Å². The fourth-order valence-electron chi connectivity index (χ4n) is 4.08. The molecule has 2 aliphatic rings. The van der Waals surface area contributed by atoms with Gasteiger partial charge in [-0.2, -0.15) is 0 Å². The molecule has 0 radical (unpaired) electrons. The number of likely N-dealkylation sites (tertiary alicyclic amines) is 1. The number of piperidine rings is 1. The van der Waals surface area contributed by atoms with Crippen LogP contribution in [0.5, 0.6) is 5.75 Å². The van der Waals surface area contributed by atoms with E-state index in [0.29, 0.717) is 35.2 Å². The standard InChI is InChI=1S/C25H28N2O3/c1-3-16-30-21-11-7-10-20(17-21)27-24(28)22(19-8-5-4-6-9-19)23(25(27)29)26-14-12-18(2)13-15-26/h4-11,17-18H,3,12-16H2,1-2H3. The van der Waals surface area contributed by atoms with Crippen LogP contribution in [0.15, 0.2) is 60.3 Å². The maximum atomic E-state index is 13.6. The van der Waals surface area contributed by atoms with E-state index in [-0.39, 0.29) is 11.8 Å². The summed E-state index contributed by atoms with van der Waals surface area (Å²) in [6.45, 7) is 6.45. The fraction of sp³-hybridized carbons (Fsp3) is 0.360. The molecule has 1 fully saturated rings. The molecule has 0 spiro atoms. The first-order chi connectivity index (χ1) is 14.6. The molecule has 2 aromatic rings. The number of carbonyl (C=O) groups is 2. The average Bonchev–Trinajstić information content (AvgIpc) is 3.03. The maximum Gasteiger partial charge on any atom is 0.282 e. The summed E-state index contributed by atoms with van der Waals surface area (Å²) in [7, 11) is 0. The van der Waals surface area contributed by atoms with E-state index in [4.69, 9.17) is 4.74 Å². The highest BCUT2D eigenvalue weighted by molar-refractivity contribution is 6.45. The first-order valence-corrected chi connectivity index (χ1v) is 10.8. The van der Waals surface area contributed by atoms with E-state index >= 15 is 0 Å². The van der Waals surface area contributed by atoms with E-state index in [9.17, 15) is 9.59 Å². The van der Waals surface area contributed by atoms with Crippen LogP contribution >= 0.6 is 0 Å². The summed E-state index contributed by atoms with van der Waals surface area (Å²) in [6, 6.07) is 16.8. The van der Waals surface area contributed by atoms with Crippen LogP contribution in [0.1, 0.15) is 38.7 Å². The van der Waals surface area contributed by atoms with Crippen molar-refractivity contribution in [1.82, 2.24) is 4.90 Å². The Hall–Kier alpha value is -3.08. The van der Waals surface area contributed by atoms with Crippen LogP contribution < -0.4 is 9.64 Å². The summed E-state index contributed by atoms with van der Waals surface area (Å²) in [6.07, 6.45) is 2.93. The van der Waals surface area contributed by atoms with Crippen LogP contribution in [-0.2, 0) is 9.59 Å². The Labute approximate surface area is 177 Å². The van der Waals surface area contributed by atoms with Gasteiger partial charge in [0.15, 0.2) is 0 Å². The van der Waals surface area contributed by atoms with Gasteiger partial charge in [0.2, 0.25) is 0 Å². The third kappa shape index (κ3) is 3.84. The van der Waals surface area contributed by atoms with Crippen molar-refractivity contribution in [1.29, 1.82) is 0 Å². The Bertz CT molecular complexity index is 959. The quantitative estimate of drug-likeness (QED) is 0.666. The topological polar surface area (TPSA) is 49.9 Å². The van der Waals surface area contributed by atoms with E-state index < -0.39 is 0 Å². The van der Waals surface area contributed by atoms with E-state index in [0.717, 1.165) is 37.9 Å². The zero-order valence-electron chi connectivity index (χ0n) is 17.6. The Balaban J connectivity index is 1.73. The molecule has 30 heavy (non-hydrogen) atoms. The number of carbonyl (C=O) groups excluding carboxylic acids is 2. The molecular weight excluding hydrogens is 376 g/mol. The van der Waals surface area contributed by atoms with Crippen molar-refractivity contribution < 1.29 is 14.3 Å². The zero-order chi connectivity index (χ0) is 21.1. The number of benzene rings is 2. The highest BCUT2D eigenvalue weighted by atomic mass is 16.5. The van der Waals surface area contributed by atoms with Gasteiger partial charge < -0.3 is 9.64 Å². The summed E-state index contributed by atoms with van der Waals surface area (Å²) >= 11 is 0. The lowest BCUT2D eigenvalue weighted by Crippen LogP contribution is -2.38. The first-order valence-electron chi connectivity index (χ1n) is 10.8. The molecule has 0 aromatic heterocycles. The molecular formula is C25H28N2O3. The minimum Gasteiger partial charge on any atom is -0.494 e. The average molecular weight is 405 g/mol. The van der Waals surface area contributed by atoms with Crippen LogP contribution in [0.3, 0.4) is 0 Å². The second kappa shape index (κ2) is 8.74. The predicted octanol–water partition coefficient (Wildman–Crippen LogP) is 4.49. The molecule has 0 saturated carbocycles. The van der Waals surface area contributed by atoms with E-state index in [1.54, 1.807) is 12.1 Å². The molecule has 4 rings (SSSR count). The molecule has 0 unspecified atom stereocenters. The first kappa shape index (κ1) is 20.2. The van der Waals surface area contributed by atoms with Crippen LogP contribution in [0, 0.1) is 5.92 Å². The van der Waals surface area contributed by atoms with Crippen molar-refractivity contribution in [3.63, 3.8) is 0 Å². The van der Waals surface area contributed by atoms with E-state index in [1.807, 2.05) is 49.4 Å². The highest BCUT2D eigenvalue weighted by Crippen LogP contribution is 2.37. The molecule has 2 heterocycles. The summed E-state index contributed by atoms with van der Waals surface area (Å²) in [5.41, 5.74) is 2.35. The van der Waals surface area contributed by atoms with Gasteiger partial charge in [-0.15, -0.1) is 0 Å². The van der Waals surface area contributed by atoms with Crippen molar-refractivity contribution in [2.75, 3.05) is 24.6 Å². The Kier molecular flexibility index (Phi) is 5.88. The lowest BCUT2D eigenvalue weighted by molar-refractivity contribution is -0.120. The molecule has 1 saturated heterocycles. The predicted molar refractivity (Wildman–Crippen MR) is 118 cm³/mol. The van der Waals surface area contributed by atoms with E-state index in [1.165, 1.54) is 4.90 Å². The lowest BCUT2D eigenvalue weighted by Gasteiger charge is -2.32. The van der Waals surface area contributed by atoms with Gasteiger partial charge in [0, 0.05) is 19.2 Å². The van der Waals surface area contributed by atoms with Gasteiger partial charge in [-0.25, -0.2) is 4.90 Å². The Morgan fingerprint density at radius 2 is 1.70 bits per heavy atom. The number of ether oxygens (including phenoxy) is 1. The zero-order valence-corrected chi connectivity index (χ0v) is 17.6. The molecule has 0 bridgehead atoms. The number of nitrogens with zero attached hydrogens (tertiary/aromatic N) is 2. The van der Waals surface area contributed by atoms with E-state index in [2.05, 4.69) is 11.8 Å². The minimum atomic E-state index is -0.271. The molecule has 5 heteroatoms. The summed E-state index contributed by atoms with van der Waals surface area (Å²) < 4.78 is 5.72. The number of rotatable bonds is 6. The third-order valence-electron chi connectivity index (χ3n) is 5.77. The minimum absolute atomic E-state index is 0.249. The number of hydrogen-bond donors (Lipinski definition) is 0. The Morgan fingerprint density at radius 1 is 0.967 bits per heavy atom. The molecule has 0 N–H and O–H groups in total. The van der Waals surface area contributed by atoms with Crippen LogP contribution in [0.4, 0.5) is 5.69 Å². The van der Waals surface area contributed by atoms with Gasteiger partial charge >= 0.3 is 0 Å². The number of hydrogen-bond acceptors (Lipinski definition) is 4. The highest BCUT2D eigenvalue weighted by Gasteiger charge is 2.43. The van der Waals surface area contributed by atoms with Gasteiger partial charge in [-0.05, 0) is 42.9 Å².